The summed E-state index contributed by atoms with van der Waals surface area (Å²) in [4.78, 5) is 0. The van der Waals surface area contributed by atoms with E-state index in [0.717, 1.165) is 32.1 Å². The van der Waals surface area contributed by atoms with Gasteiger partial charge in [-0.2, -0.15) is 10.5 Å². The van der Waals surface area contributed by atoms with Crippen LogP contribution in [0.25, 0.3) is 0 Å². The Morgan fingerprint density at radius 3 is 1.60 bits per heavy atom. The predicted molar refractivity (Wildman–Crippen MR) is 84.9 cm³/mol. The third-order valence-corrected chi connectivity index (χ3v) is 3.17. The molecule has 2 nitrogen and oxygen atoms in total. The first-order valence-corrected chi connectivity index (χ1v) is 7.95. The van der Waals surface area contributed by atoms with Crippen molar-refractivity contribution in [3.8, 4) is 12.1 Å². The summed E-state index contributed by atoms with van der Waals surface area (Å²) in [6, 6.07) is 4.35. The van der Waals surface area contributed by atoms with Gasteiger partial charge in [0.25, 0.3) is 0 Å². The van der Waals surface area contributed by atoms with Crippen molar-refractivity contribution >= 4 is 0 Å². The average Bonchev–Trinajstić information content (AvgIpc) is 2.47. The van der Waals surface area contributed by atoms with Gasteiger partial charge in [0.15, 0.2) is 0 Å². The molecule has 110 valence electrons. The highest BCUT2D eigenvalue weighted by atomic mass is 14.2. The fourth-order valence-corrected chi connectivity index (χ4v) is 1.97. The molecule has 0 amide bonds. The number of allylic oxidation sites excluding steroid dienone is 4. The summed E-state index contributed by atoms with van der Waals surface area (Å²) >= 11 is 0. The predicted octanol–water partition coefficient (Wildman–Crippen LogP) is 5.83. The zero-order valence-electron chi connectivity index (χ0n) is 12.7. The zero-order chi connectivity index (χ0) is 14.7. The van der Waals surface area contributed by atoms with Crippen LogP contribution < -0.4 is 0 Å². The molecule has 0 aliphatic rings. The Morgan fingerprint density at radius 1 is 0.550 bits per heavy atom. The van der Waals surface area contributed by atoms with Crippen molar-refractivity contribution in [2.75, 3.05) is 0 Å². The Kier molecular flexibility index (Phi) is 16.1. The van der Waals surface area contributed by atoms with E-state index in [0.29, 0.717) is 12.8 Å². The van der Waals surface area contributed by atoms with Gasteiger partial charge in [-0.15, -0.1) is 0 Å². The SMILES string of the molecule is N#CCCCCC=CCC=CCCCCCCCC#N. The lowest BCUT2D eigenvalue weighted by Crippen LogP contribution is -1.78. The summed E-state index contributed by atoms with van der Waals surface area (Å²) in [6.07, 6.45) is 21.9. The van der Waals surface area contributed by atoms with Crippen LogP contribution in [0.5, 0.6) is 0 Å². The number of nitriles is 2. The Bertz CT molecular complexity index is 328. The van der Waals surface area contributed by atoms with Crippen LogP contribution in [0.1, 0.15) is 77.0 Å². The zero-order valence-corrected chi connectivity index (χ0v) is 12.7. The molecule has 0 fully saturated rings. The van der Waals surface area contributed by atoms with Crippen molar-refractivity contribution in [2.24, 2.45) is 0 Å². The second kappa shape index (κ2) is 17.5. The summed E-state index contributed by atoms with van der Waals surface area (Å²) in [5.74, 6) is 0. The molecule has 2 heteroatoms. The summed E-state index contributed by atoms with van der Waals surface area (Å²) < 4.78 is 0. The van der Waals surface area contributed by atoms with E-state index in [1.54, 1.807) is 0 Å². The molecule has 0 aromatic rings. The van der Waals surface area contributed by atoms with E-state index < -0.39 is 0 Å². The van der Waals surface area contributed by atoms with Crippen molar-refractivity contribution < 1.29 is 0 Å². The van der Waals surface area contributed by atoms with Crippen LogP contribution in [0.15, 0.2) is 24.3 Å². The molecule has 0 heterocycles. The minimum atomic E-state index is 0.685. The molecule has 0 saturated carbocycles. The molecule has 0 radical (unpaired) electrons. The molecular formula is C18H28N2. The Hall–Kier alpha value is -1.54. The maximum absolute atomic E-state index is 8.40. The molecule has 0 atom stereocenters. The van der Waals surface area contributed by atoms with Crippen LogP contribution in [0.4, 0.5) is 0 Å². The second-order valence-corrected chi connectivity index (χ2v) is 5.05. The van der Waals surface area contributed by atoms with Crippen molar-refractivity contribution in [3.63, 3.8) is 0 Å². The van der Waals surface area contributed by atoms with E-state index in [2.05, 4.69) is 36.4 Å². The van der Waals surface area contributed by atoms with Crippen molar-refractivity contribution in [1.29, 1.82) is 10.5 Å². The molecule has 0 aliphatic heterocycles. The normalized spacial score (nSPS) is 10.9. The van der Waals surface area contributed by atoms with Gasteiger partial charge in [0.05, 0.1) is 12.1 Å². The molecule has 0 unspecified atom stereocenters. The maximum Gasteiger partial charge on any atom is 0.0621 e. The number of hydrogen-bond donors (Lipinski definition) is 0. The Balaban J connectivity index is 3.18. The highest BCUT2D eigenvalue weighted by molar-refractivity contribution is 4.92. The highest BCUT2D eigenvalue weighted by Crippen LogP contribution is 2.07. The van der Waals surface area contributed by atoms with Gasteiger partial charge < -0.3 is 0 Å². The van der Waals surface area contributed by atoms with Gasteiger partial charge >= 0.3 is 0 Å². The number of rotatable bonds is 13. The molecule has 0 bridgehead atoms. The molecular weight excluding hydrogens is 244 g/mol. The molecule has 0 saturated heterocycles. The summed E-state index contributed by atoms with van der Waals surface area (Å²) in [6.45, 7) is 0. The Morgan fingerprint density at radius 2 is 1.00 bits per heavy atom. The lowest BCUT2D eigenvalue weighted by Gasteiger charge is -1.96. The highest BCUT2D eigenvalue weighted by Gasteiger charge is 1.89. The first kappa shape index (κ1) is 18.5. The van der Waals surface area contributed by atoms with Gasteiger partial charge in [0.1, 0.15) is 0 Å². The average molecular weight is 272 g/mol. The number of hydrogen-bond acceptors (Lipinski definition) is 2. The Labute approximate surface area is 124 Å². The van der Waals surface area contributed by atoms with Crippen LogP contribution in [-0.4, -0.2) is 0 Å². The molecule has 0 N–H and O–H groups in total. The van der Waals surface area contributed by atoms with Crippen LogP contribution in [0.3, 0.4) is 0 Å². The fourth-order valence-electron chi connectivity index (χ4n) is 1.97. The third-order valence-electron chi connectivity index (χ3n) is 3.17. The van der Waals surface area contributed by atoms with E-state index in [4.69, 9.17) is 10.5 Å². The van der Waals surface area contributed by atoms with Crippen molar-refractivity contribution in [2.45, 2.75) is 77.0 Å². The molecule has 0 rings (SSSR count). The molecule has 0 aliphatic carbocycles. The second-order valence-electron chi connectivity index (χ2n) is 5.05. The van der Waals surface area contributed by atoms with E-state index in [9.17, 15) is 0 Å². The summed E-state index contributed by atoms with van der Waals surface area (Å²) in [5, 5.41) is 16.8. The van der Waals surface area contributed by atoms with Gasteiger partial charge in [-0.1, -0.05) is 43.6 Å². The lowest BCUT2D eigenvalue weighted by atomic mass is 10.1. The van der Waals surface area contributed by atoms with E-state index >= 15 is 0 Å². The van der Waals surface area contributed by atoms with Crippen molar-refractivity contribution in [3.05, 3.63) is 24.3 Å². The number of nitrogens with zero attached hydrogens (tertiary/aromatic N) is 2. The number of unbranched alkanes of at least 4 members (excludes halogenated alkanes) is 9. The summed E-state index contributed by atoms with van der Waals surface area (Å²) in [5.41, 5.74) is 0. The van der Waals surface area contributed by atoms with Gasteiger partial charge in [-0.05, 0) is 44.9 Å². The van der Waals surface area contributed by atoms with Gasteiger partial charge in [-0.3, -0.25) is 0 Å². The van der Waals surface area contributed by atoms with Crippen LogP contribution in [0, 0.1) is 22.7 Å². The van der Waals surface area contributed by atoms with E-state index in [1.807, 2.05) is 0 Å². The first-order chi connectivity index (χ1) is 9.91. The van der Waals surface area contributed by atoms with Crippen molar-refractivity contribution in [1.82, 2.24) is 0 Å². The summed E-state index contributed by atoms with van der Waals surface area (Å²) in [7, 11) is 0. The topological polar surface area (TPSA) is 47.6 Å². The van der Waals surface area contributed by atoms with Crippen LogP contribution in [-0.2, 0) is 0 Å². The minimum Gasteiger partial charge on any atom is -0.198 e. The van der Waals surface area contributed by atoms with E-state index in [-0.39, 0.29) is 0 Å². The molecule has 0 spiro atoms. The smallest absolute Gasteiger partial charge is 0.0621 e. The van der Waals surface area contributed by atoms with Gasteiger partial charge in [0.2, 0.25) is 0 Å². The molecule has 0 aromatic heterocycles. The lowest BCUT2D eigenvalue weighted by molar-refractivity contribution is 0.623. The largest absolute Gasteiger partial charge is 0.198 e. The fraction of sp³-hybridized carbons (Fsp3) is 0.667. The van der Waals surface area contributed by atoms with Gasteiger partial charge in [-0.25, -0.2) is 0 Å². The monoisotopic (exact) mass is 272 g/mol. The quantitative estimate of drug-likeness (QED) is 0.313. The molecule has 0 aromatic carbocycles. The maximum atomic E-state index is 8.40. The third kappa shape index (κ3) is 16.5. The molecule has 20 heavy (non-hydrogen) atoms. The minimum absolute atomic E-state index is 0.685. The van der Waals surface area contributed by atoms with Gasteiger partial charge in [0, 0.05) is 12.8 Å². The first-order valence-electron chi connectivity index (χ1n) is 7.95. The standard InChI is InChI=1S/C18H28N2/c19-17-15-13-11-9-7-5-3-1-2-4-6-8-10-12-14-16-18-20/h1-2,5,7H,3-4,6,8-16H2. The van der Waals surface area contributed by atoms with Crippen LogP contribution in [0.2, 0.25) is 0 Å². The van der Waals surface area contributed by atoms with E-state index in [1.165, 1.54) is 32.1 Å². The van der Waals surface area contributed by atoms with Crippen LogP contribution >= 0.6 is 0 Å².